The molecule has 33 heavy (non-hydrogen) atoms. The highest BCUT2D eigenvalue weighted by Gasteiger charge is 2.23. The minimum absolute atomic E-state index is 0.150. The van der Waals surface area contributed by atoms with Gasteiger partial charge in [-0.05, 0) is 42.3 Å². The molecule has 7 heteroatoms. The van der Waals surface area contributed by atoms with Gasteiger partial charge in [0.05, 0.1) is 5.56 Å². The van der Waals surface area contributed by atoms with E-state index in [2.05, 4.69) is 31.9 Å². The molecular formula is C26H21Br2NO4. The number of benzene rings is 3. The smallest absolute Gasteiger partial charge is 0.217 e. The quantitative estimate of drug-likeness (QED) is 0.230. The highest BCUT2D eigenvalue weighted by Crippen LogP contribution is 2.33. The van der Waals surface area contributed by atoms with E-state index in [1.54, 1.807) is 18.2 Å². The fourth-order valence-electron chi connectivity index (χ4n) is 3.64. The summed E-state index contributed by atoms with van der Waals surface area (Å²) in [6.07, 6.45) is 1.14. The molecule has 1 amide bonds. The van der Waals surface area contributed by atoms with Crippen LogP contribution >= 0.6 is 31.9 Å². The van der Waals surface area contributed by atoms with Gasteiger partial charge in [0, 0.05) is 38.8 Å². The maximum absolute atomic E-state index is 13.5. The first-order valence-corrected chi connectivity index (χ1v) is 12.0. The Morgan fingerprint density at radius 2 is 1.67 bits per heavy atom. The Balaban J connectivity index is 1.69. The van der Waals surface area contributed by atoms with E-state index in [-0.39, 0.29) is 18.1 Å². The van der Waals surface area contributed by atoms with Crippen LogP contribution in [0.25, 0.3) is 11.0 Å². The number of ether oxygens (including phenoxy) is 1. The first-order valence-electron chi connectivity index (χ1n) is 10.4. The van der Waals surface area contributed by atoms with Crippen LogP contribution in [0.5, 0.6) is 5.75 Å². The average molecular weight is 571 g/mol. The number of aryl methyl sites for hydroxylation is 1. The Hall–Kier alpha value is -2.90. The third kappa shape index (κ3) is 5.72. The number of hydrogen-bond acceptors (Lipinski definition) is 4. The van der Waals surface area contributed by atoms with Crippen molar-refractivity contribution < 1.29 is 18.7 Å². The highest BCUT2D eigenvalue weighted by atomic mass is 79.9. The molecule has 168 valence electrons. The van der Waals surface area contributed by atoms with Crippen molar-refractivity contribution in [3.8, 4) is 5.75 Å². The molecule has 0 atom stereocenters. The zero-order valence-corrected chi connectivity index (χ0v) is 20.8. The van der Waals surface area contributed by atoms with Crippen molar-refractivity contribution in [2.75, 3.05) is 0 Å². The normalized spacial score (nSPS) is 11.0. The molecule has 0 radical (unpaired) electrons. The van der Waals surface area contributed by atoms with Crippen LogP contribution in [0.3, 0.4) is 0 Å². The maximum Gasteiger partial charge on any atom is 0.217 e. The number of fused-ring (bicyclic) bond motifs is 1. The van der Waals surface area contributed by atoms with Crippen LogP contribution < -0.4 is 10.5 Å². The molecule has 4 aromatic rings. The molecule has 4 rings (SSSR count). The minimum Gasteiger partial charge on any atom is -0.489 e. The molecule has 0 aliphatic heterocycles. The van der Waals surface area contributed by atoms with E-state index < -0.39 is 0 Å². The topological polar surface area (TPSA) is 82.5 Å². The van der Waals surface area contributed by atoms with Gasteiger partial charge in [0.2, 0.25) is 5.91 Å². The lowest BCUT2D eigenvalue weighted by atomic mass is 9.98. The van der Waals surface area contributed by atoms with Crippen molar-refractivity contribution in [3.63, 3.8) is 0 Å². The molecule has 1 heterocycles. The summed E-state index contributed by atoms with van der Waals surface area (Å²) in [7, 11) is 0. The molecule has 0 aliphatic rings. The number of halogens is 2. The highest BCUT2D eigenvalue weighted by molar-refractivity contribution is 9.11. The molecule has 3 aromatic carbocycles. The van der Waals surface area contributed by atoms with Crippen molar-refractivity contribution >= 4 is 54.5 Å². The summed E-state index contributed by atoms with van der Waals surface area (Å²) in [6.45, 7) is 0.427. The number of hydrogen-bond donors (Lipinski definition) is 1. The van der Waals surface area contributed by atoms with Crippen LogP contribution in [0.1, 0.15) is 40.1 Å². The standard InChI is InChI=1S/C26H21Br2NO4/c27-18-11-17(12-19(28)13-18)26(31)25-21-10-9-20(32-15-16-5-2-1-3-6-16)14-23(21)33-22(25)7-4-8-24(29)30/h1-3,5-6,9-14H,4,7-8,15H2,(H2,29,30). The number of amides is 1. The number of rotatable bonds is 9. The zero-order chi connectivity index (χ0) is 23.4. The molecule has 0 unspecified atom stereocenters. The van der Waals surface area contributed by atoms with Crippen LogP contribution in [0, 0.1) is 0 Å². The van der Waals surface area contributed by atoms with Gasteiger partial charge in [-0.1, -0.05) is 62.2 Å². The van der Waals surface area contributed by atoms with Gasteiger partial charge in [-0.25, -0.2) is 0 Å². The summed E-state index contributed by atoms with van der Waals surface area (Å²) >= 11 is 6.89. The number of carbonyl (C=O) groups is 2. The molecule has 1 aromatic heterocycles. The SMILES string of the molecule is NC(=O)CCCc1oc2cc(OCc3ccccc3)ccc2c1C(=O)c1cc(Br)cc(Br)c1. The summed E-state index contributed by atoms with van der Waals surface area (Å²) in [5.74, 6) is 0.648. The second-order valence-corrected chi connectivity index (χ2v) is 9.47. The number of ketones is 1. The van der Waals surface area contributed by atoms with Gasteiger partial charge in [0.15, 0.2) is 5.78 Å². The minimum atomic E-state index is -0.383. The van der Waals surface area contributed by atoms with Crippen LogP contribution in [0.15, 0.2) is 80.1 Å². The van der Waals surface area contributed by atoms with Crippen molar-refractivity contribution in [2.24, 2.45) is 5.73 Å². The first kappa shape index (κ1) is 23.3. The van der Waals surface area contributed by atoms with Crippen LogP contribution in [-0.2, 0) is 17.8 Å². The first-order chi connectivity index (χ1) is 15.9. The summed E-state index contributed by atoms with van der Waals surface area (Å²) in [6, 6.07) is 20.8. The van der Waals surface area contributed by atoms with Gasteiger partial charge in [-0.3, -0.25) is 9.59 Å². The molecule has 0 saturated carbocycles. The Labute approximate surface area is 208 Å². The molecule has 0 fully saturated rings. The van der Waals surface area contributed by atoms with E-state index in [1.165, 1.54) is 0 Å². The zero-order valence-electron chi connectivity index (χ0n) is 17.6. The number of primary amides is 1. The summed E-state index contributed by atoms with van der Waals surface area (Å²) in [5.41, 5.74) is 7.93. The fraction of sp³-hybridized carbons (Fsp3) is 0.154. The van der Waals surface area contributed by atoms with Crippen molar-refractivity contribution in [1.82, 2.24) is 0 Å². The lowest BCUT2D eigenvalue weighted by Gasteiger charge is -2.06. The van der Waals surface area contributed by atoms with Gasteiger partial charge in [-0.15, -0.1) is 0 Å². The van der Waals surface area contributed by atoms with Crippen molar-refractivity contribution in [2.45, 2.75) is 25.9 Å². The lowest BCUT2D eigenvalue weighted by molar-refractivity contribution is -0.118. The maximum atomic E-state index is 13.5. The third-order valence-corrected chi connectivity index (χ3v) is 6.08. The van der Waals surface area contributed by atoms with E-state index in [4.69, 9.17) is 14.9 Å². The van der Waals surface area contributed by atoms with Gasteiger partial charge in [-0.2, -0.15) is 0 Å². The molecule has 0 saturated heterocycles. The monoisotopic (exact) mass is 569 g/mol. The number of nitrogens with two attached hydrogens (primary N) is 1. The van der Waals surface area contributed by atoms with Crippen molar-refractivity contribution in [3.05, 3.63) is 98.1 Å². The lowest BCUT2D eigenvalue weighted by Crippen LogP contribution is -2.10. The number of furan rings is 1. The van der Waals surface area contributed by atoms with Gasteiger partial charge >= 0.3 is 0 Å². The Morgan fingerprint density at radius 1 is 0.939 bits per heavy atom. The van der Waals surface area contributed by atoms with Crippen molar-refractivity contribution in [1.29, 1.82) is 0 Å². The summed E-state index contributed by atoms with van der Waals surface area (Å²) in [5, 5.41) is 0.706. The Morgan fingerprint density at radius 3 is 2.36 bits per heavy atom. The van der Waals surface area contributed by atoms with Gasteiger partial charge < -0.3 is 14.9 Å². The fourth-order valence-corrected chi connectivity index (χ4v) is 4.93. The number of carbonyl (C=O) groups excluding carboxylic acids is 2. The second-order valence-electron chi connectivity index (χ2n) is 7.64. The van der Waals surface area contributed by atoms with Gasteiger partial charge in [0.1, 0.15) is 23.7 Å². The molecule has 0 bridgehead atoms. The van der Waals surface area contributed by atoms with Gasteiger partial charge in [0.25, 0.3) is 0 Å². The predicted molar refractivity (Wildman–Crippen MR) is 134 cm³/mol. The summed E-state index contributed by atoms with van der Waals surface area (Å²) in [4.78, 5) is 24.7. The Bertz CT molecular complexity index is 1290. The molecule has 2 N–H and O–H groups in total. The van der Waals surface area contributed by atoms with Crippen LogP contribution in [0.2, 0.25) is 0 Å². The average Bonchev–Trinajstić information content (AvgIpc) is 3.14. The van der Waals surface area contributed by atoms with E-state index >= 15 is 0 Å². The predicted octanol–water partition coefficient (Wildman–Crippen LogP) is 6.58. The van der Waals surface area contributed by atoms with E-state index in [0.717, 1.165) is 14.5 Å². The molecule has 0 aliphatic carbocycles. The Kier molecular flexibility index (Phi) is 7.30. The third-order valence-electron chi connectivity index (χ3n) is 5.16. The largest absolute Gasteiger partial charge is 0.489 e. The van der Waals surface area contributed by atoms with E-state index in [9.17, 15) is 9.59 Å². The molecule has 0 spiro atoms. The summed E-state index contributed by atoms with van der Waals surface area (Å²) < 4.78 is 13.6. The van der Waals surface area contributed by atoms with Crippen LogP contribution in [-0.4, -0.2) is 11.7 Å². The molecule has 5 nitrogen and oxygen atoms in total. The van der Waals surface area contributed by atoms with E-state index in [1.807, 2.05) is 48.5 Å². The second kappa shape index (κ2) is 10.4. The molecular weight excluding hydrogens is 550 g/mol. The van der Waals surface area contributed by atoms with Crippen LogP contribution in [0.4, 0.5) is 0 Å². The van der Waals surface area contributed by atoms with E-state index in [0.29, 0.717) is 53.1 Å².